The molecular formula is C9H19N3O2. The zero-order chi connectivity index (χ0) is 10.8. The van der Waals surface area contributed by atoms with Crippen molar-refractivity contribution in [1.82, 2.24) is 10.3 Å². The van der Waals surface area contributed by atoms with E-state index < -0.39 is 0 Å². The first-order valence-electron chi connectivity index (χ1n) is 4.84. The molecule has 1 aliphatic heterocycles. The molecule has 1 fully saturated rings. The Morgan fingerprint density at radius 2 is 2.29 bits per heavy atom. The van der Waals surface area contributed by atoms with E-state index in [-0.39, 0.29) is 17.5 Å². The molecule has 14 heavy (non-hydrogen) atoms. The molecule has 0 aromatic carbocycles. The molecule has 3 N–H and O–H groups in total. The molecule has 82 valence electrons. The van der Waals surface area contributed by atoms with Crippen LogP contribution in [-0.2, 0) is 9.53 Å². The van der Waals surface area contributed by atoms with Crippen molar-refractivity contribution in [3.8, 4) is 0 Å². The minimum absolute atomic E-state index is 0.107. The van der Waals surface area contributed by atoms with Crippen molar-refractivity contribution in [2.45, 2.75) is 32.4 Å². The third-order valence-corrected chi connectivity index (χ3v) is 2.70. The van der Waals surface area contributed by atoms with Gasteiger partial charge in [0.1, 0.15) is 0 Å². The molecule has 0 aromatic heterocycles. The number of hydrogen-bond acceptors (Lipinski definition) is 4. The zero-order valence-electron chi connectivity index (χ0n) is 9.04. The molecule has 1 atom stereocenters. The first-order valence-corrected chi connectivity index (χ1v) is 4.84. The summed E-state index contributed by atoms with van der Waals surface area (Å²) in [4.78, 5) is 13.5. The summed E-state index contributed by atoms with van der Waals surface area (Å²) in [5, 5.41) is 0. The fourth-order valence-electron chi connectivity index (χ4n) is 1.85. The molecule has 0 spiro atoms. The number of rotatable bonds is 2. The van der Waals surface area contributed by atoms with Gasteiger partial charge in [0.2, 0.25) is 0 Å². The van der Waals surface area contributed by atoms with Crippen LogP contribution in [0.4, 0.5) is 0 Å². The van der Waals surface area contributed by atoms with Crippen LogP contribution in [0.1, 0.15) is 20.8 Å². The Bertz CT molecular complexity index is 218. The topological polar surface area (TPSA) is 67.6 Å². The molecule has 1 aliphatic rings. The standard InChI is InChI=1S/C9H19N3O2/c1-7(8(13)11-10)12-4-5-14-6-9(12,2)3/h7H,4-6,10H2,1-3H3,(H,11,13). The second-order valence-electron chi connectivity index (χ2n) is 4.24. The number of carbonyl (C=O) groups is 1. The zero-order valence-corrected chi connectivity index (χ0v) is 9.04. The van der Waals surface area contributed by atoms with E-state index in [9.17, 15) is 4.79 Å². The summed E-state index contributed by atoms with van der Waals surface area (Å²) in [7, 11) is 0. The SMILES string of the molecule is CC(C(=O)NN)N1CCOCC1(C)C. The van der Waals surface area contributed by atoms with Gasteiger partial charge >= 0.3 is 0 Å². The first-order chi connectivity index (χ1) is 6.49. The van der Waals surface area contributed by atoms with Gasteiger partial charge in [-0.3, -0.25) is 15.1 Å². The minimum atomic E-state index is -0.209. The summed E-state index contributed by atoms with van der Waals surface area (Å²) < 4.78 is 5.37. The molecule has 0 aromatic rings. The van der Waals surface area contributed by atoms with Crippen LogP contribution in [0.2, 0.25) is 0 Å². The Morgan fingerprint density at radius 1 is 1.64 bits per heavy atom. The van der Waals surface area contributed by atoms with Crippen LogP contribution in [0.15, 0.2) is 0 Å². The summed E-state index contributed by atoms with van der Waals surface area (Å²) in [6.07, 6.45) is 0. The van der Waals surface area contributed by atoms with Crippen molar-refractivity contribution in [3.63, 3.8) is 0 Å². The van der Waals surface area contributed by atoms with Crippen LogP contribution in [0.3, 0.4) is 0 Å². The summed E-state index contributed by atoms with van der Waals surface area (Å²) >= 11 is 0. The molecule has 5 nitrogen and oxygen atoms in total. The third-order valence-electron chi connectivity index (χ3n) is 2.70. The van der Waals surface area contributed by atoms with Gasteiger partial charge in [-0.05, 0) is 20.8 Å². The van der Waals surface area contributed by atoms with Gasteiger partial charge in [0, 0.05) is 12.1 Å². The maximum atomic E-state index is 11.4. The molecule has 0 aliphatic carbocycles. The molecular weight excluding hydrogens is 182 g/mol. The fourth-order valence-corrected chi connectivity index (χ4v) is 1.85. The summed E-state index contributed by atoms with van der Waals surface area (Å²) in [5.74, 6) is 4.96. The van der Waals surface area contributed by atoms with Crippen LogP contribution < -0.4 is 11.3 Å². The quantitative estimate of drug-likeness (QED) is 0.358. The maximum Gasteiger partial charge on any atom is 0.250 e. The largest absolute Gasteiger partial charge is 0.378 e. The monoisotopic (exact) mass is 201 g/mol. The van der Waals surface area contributed by atoms with Crippen molar-refractivity contribution in [3.05, 3.63) is 0 Å². The third kappa shape index (κ3) is 2.23. The highest BCUT2D eigenvalue weighted by molar-refractivity contribution is 5.80. The molecule has 0 bridgehead atoms. The van der Waals surface area contributed by atoms with Gasteiger partial charge in [0.25, 0.3) is 5.91 Å². The van der Waals surface area contributed by atoms with Crippen molar-refractivity contribution < 1.29 is 9.53 Å². The number of hydrogen-bond donors (Lipinski definition) is 2. The van der Waals surface area contributed by atoms with Crippen LogP contribution in [-0.4, -0.2) is 42.1 Å². The van der Waals surface area contributed by atoms with Crippen molar-refractivity contribution in [2.24, 2.45) is 5.84 Å². The average molecular weight is 201 g/mol. The lowest BCUT2D eigenvalue weighted by Gasteiger charge is -2.44. The van der Waals surface area contributed by atoms with E-state index in [4.69, 9.17) is 10.6 Å². The summed E-state index contributed by atoms with van der Waals surface area (Å²) in [6, 6.07) is -0.209. The number of hydrazine groups is 1. The number of morpholine rings is 1. The maximum absolute atomic E-state index is 11.4. The second kappa shape index (κ2) is 4.25. The first kappa shape index (κ1) is 11.4. The van der Waals surface area contributed by atoms with E-state index in [0.29, 0.717) is 13.2 Å². The number of ether oxygens (including phenoxy) is 1. The van der Waals surface area contributed by atoms with Crippen LogP contribution >= 0.6 is 0 Å². The van der Waals surface area contributed by atoms with Crippen LogP contribution in [0, 0.1) is 0 Å². The number of nitrogens with zero attached hydrogens (tertiary/aromatic N) is 1. The van der Waals surface area contributed by atoms with E-state index in [1.165, 1.54) is 0 Å². The van der Waals surface area contributed by atoms with Gasteiger partial charge in [0.05, 0.1) is 19.3 Å². The minimum Gasteiger partial charge on any atom is -0.378 e. The highest BCUT2D eigenvalue weighted by Gasteiger charge is 2.36. The molecule has 1 saturated heterocycles. The van der Waals surface area contributed by atoms with Gasteiger partial charge in [0.15, 0.2) is 0 Å². The van der Waals surface area contributed by atoms with Gasteiger partial charge in [-0.1, -0.05) is 0 Å². The molecule has 1 rings (SSSR count). The molecule has 0 radical (unpaired) electrons. The lowest BCUT2D eigenvalue weighted by molar-refractivity contribution is -0.134. The molecule has 5 heteroatoms. The number of amides is 1. The Kier molecular flexibility index (Phi) is 3.47. The smallest absolute Gasteiger partial charge is 0.250 e. The number of nitrogens with one attached hydrogen (secondary N) is 1. The highest BCUT2D eigenvalue weighted by Crippen LogP contribution is 2.21. The van der Waals surface area contributed by atoms with Crippen molar-refractivity contribution >= 4 is 5.91 Å². The Morgan fingerprint density at radius 3 is 2.79 bits per heavy atom. The predicted molar refractivity (Wildman–Crippen MR) is 53.4 cm³/mol. The Balaban J connectivity index is 2.69. The number of carbonyl (C=O) groups excluding carboxylic acids is 1. The van der Waals surface area contributed by atoms with E-state index in [1.54, 1.807) is 0 Å². The Hall–Kier alpha value is -0.650. The van der Waals surface area contributed by atoms with E-state index in [2.05, 4.69) is 24.2 Å². The lowest BCUT2D eigenvalue weighted by atomic mass is 10.00. The Labute approximate surface area is 84.5 Å². The van der Waals surface area contributed by atoms with Gasteiger partial charge in [-0.2, -0.15) is 0 Å². The van der Waals surface area contributed by atoms with Gasteiger partial charge < -0.3 is 4.74 Å². The van der Waals surface area contributed by atoms with Gasteiger partial charge in [-0.25, -0.2) is 5.84 Å². The van der Waals surface area contributed by atoms with Crippen molar-refractivity contribution in [2.75, 3.05) is 19.8 Å². The average Bonchev–Trinajstić information content (AvgIpc) is 2.15. The number of nitrogens with two attached hydrogens (primary N) is 1. The van der Waals surface area contributed by atoms with E-state index >= 15 is 0 Å². The molecule has 1 heterocycles. The van der Waals surface area contributed by atoms with Crippen LogP contribution in [0.25, 0.3) is 0 Å². The van der Waals surface area contributed by atoms with E-state index in [1.807, 2.05) is 6.92 Å². The highest BCUT2D eigenvalue weighted by atomic mass is 16.5. The summed E-state index contributed by atoms with van der Waals surface area (Å²) in [6.45, 7) is 8.07. The second-order valence-corrected chi connectivity index (χ2v) is 4.24. The summed E-state index contributed by atoms with van der Waals surface area (Å²) in [5.41, 5.74) is 2.07. The van der Waals surface area contributed by atoms with E-state index in [0.717, 1.165) is 6.54 Å². The molecule has 1 amide bonds. The van der Waals surface area contributed by atoms with Crippen LogP contribution in [0.5, 0.6) is 0 Å². The fraction of sp³-hybridized carbons (Fsp3) is 0.889. The normalized spacial score (nSPS) is 24.3. The predicted octanol–water partition coefficient (Wildman–Crippen LogP) is -0.524. The lowest BCUT2D eigenvalue weighted by Crippen LogP contribution is -2.60. The molecule has 0 saturated carbocycles. The van der Waals surface area contributed by atoms with Gasteiger partial charge in [-0.15, -0.1) is 0 Å². The van der Waals surface area contributed by atoms with Crippen molar-refractivity contribution in [1.29, 1.82) is 0 Å². The molecule has 1 unspecified atom stereocenters.